The lowest BCUT2D eigenvalue weighted by molar-refractivity contribution is -0.103. The van der Waals surface area contributed by atoms with E-state index in [1.807, 2.05) is 12.1 Å². The summed E-state index contributed by atoms with van der Waals surface area (Å²) in [6.07, 6.45) is 2.02. The van der Waals surface area contributed by atoms with Crippen LogP contribution in [0.5, 0.6) is 5.75 Å². The summed E-state index contributed by atoms with van der Waals surface area (Å²) >= 11 is 0. The number of hydrogen-bond acceptors (Lipinski definition) is 3. The van der Waals surface area contributed by atoms with E-state index in [9.17, 15) is 5.21 Å². The van der Waals surface area contributed by atoms with E-state index < -0.39 is 0 Å². The third-order valence-corrected chi connectivity index (χ3v) is 2.85. The summed E-state index contributed by atoms with van der Waals surface area (Å²) in [4.78, 5) is 0. The molecule has 0 aliphatic heterocycles. The first-order valence-electron chi connectivity index (χ1n) is 4.81. The van der Waals surface area contributed by atoms with Crippen LogP contribution in [-0.4, -0.2) is 24.4 Å². The molecule has 1 aromatic rings. The van der Waals surface area contributed by atoms with Gasteiger partial charge in [0.1, 0.15) is 5.75 Å². The number of hydrogen-bond donors (Lipinski definition) is 1. The van der Waals surface area contributed by atoms with Crippen LogP contribution in [-0.2, 0) is 6.42 Å². The highest BCUT2D eigenvalue weighted by molar-refractivity contribution is 5.40. The summed E-state index contributed by atoms with van der Waals surface area (Å²) in [5, 5.41) is 10.7. The van der Waals surface area contributed by atoms with Gasteiger partial charge in [0.2, 0.25) is 0 Å². The Morgan fingerprint density at radius 2 is 2.29 bits per heavy atom. The van der Waals surface area contributed by atoms with Crippen molar-refractivity contribution < 1.29 is 9.94 Å². The molecule has 1 atom stereocenters. The van der Waals surface area contributed by atoms with Crippen molar-refractivity contribution in [1.29, 1.82) is 0 Å². The Morgan fingerprint density at radius 3 is 2.93 bits per heavy atom. The number of ether oxygens (including phenoxy) is 1. The minimum atomic E-state index is 0.125. The second-order valence-electron chi connectivity index (χ2n) is 3.69. The Kier molecular flexibility index (Phi) is 2.44. The molecule has 1 N–H and O–H groups in total. The molecular formula is C11H15NO2. The summed E-state index contributed by atoms with van der Waals surface area (Å²) in [6, 6.07) is 6.19. The highest BCUT2D eigenvalue weighted by atomic mass is 16.5. The van der Waals surface area contributed by atoms with Gasteiger partial charge in [0.15, 0.2) is 0 Å². The molecule has 0 heterocycles. The van der Waals surface area contributed by atoms with Crippen molar-refractivity contribution >= 4 is 0 Å². The molecule has 0 saturated carbocycles. The van der Waals surface area contributed by atoms with Crippen LogP contribution in [0, 0.1) is 0 Å². The molecule has 1 aliphatic carbocycles. The van der Waals surface area contributed by atoms with Gasteiger partial charge in [0, 0.05) is 7.05 Å². The highest BCUT2D eigenvalue weighted by Gasteiger charge is 2.25. The molecule has 0 fully saturated rings. The molecule has 0 aromatic heterocycles. The molecule has 3 nitrogen and oxygen atoms in total. The minimum absolute atomic E-state index is 0.125. The monoisotopic (exact) mass is 193 g/mol. The minimum Gasteiger partial charge on any atom is -0.497 e. The van der Waals surface area contributed by atoms with E-state index >= 15 is 0 Å². The van der Waals surface area contributed by atoms with E-state index in [2.05, 4.69) is 6.07 Å². The molecule has 3 heteroatoms. The number of hydroxylamine groups is 2. The topological polar surface area (TPSA) is 32.7 Å². The zero-order valence-electron chi connectivity index (χ0n) is 8.53. The Bertz CT molecular complexity index is 336. The second kappa shape index (κ2) is 3.59. The van der Waals surface area contributed by atoms with E-state index in [4.69, 9.17) is 4.74 Å². The highest BCUT2D eigenvalue weighted by Crippen LogP contribution is 2.36. The number of aryl methyl sites for hydroxylation is 1. The molecule has 0 radical (unpaired) electrons. The van der Waals surface area contributed by atoms with Gasteiger partial charge in [-0.3, -0.25) is 0 Å². The van der Waals surface area contributed by atoms with Crippen LogP contribution in [0.25, 0.3) is 0 Å². The zero-order chi connectivity index (χ0) is 10.1. The molecule has 1 aliphatic rings. The molecule has 1 unspecified atom stereocenters. The lowest BCUT2D eigenvalue weighted by Gasteiger charge is -2.18. The summed E-state index contributed by atoms with van der Waals surface area (Å²) in [5.41, 5.74) is 2.51. The van der Waals surface area contributed by atoms with Crippen molar-refractivity contribution in [2.75, 3.05) is 14.2 Å². The van der Waals surface area contributed by atoms with E-state index in [1.165, 1.54) is 16.2 Å². The summed E-state index contributed by atoms with van der Waals surface area (Å²) in [7, 11) is 3.35. The smallest absolute Gasteiger partial charge is 0.119 e. The summed E-state index contributed by atoms with van der Waals surface area (Å²) in [5.74, 6) is 0.859. The average Bonchev–Trinajstić information content (AvgIpc) is 2.59. The maximum atomic E-state index is 9.46. The first-order valence-corrected chi connectivity index (χ1v) is 4.81. The predicted molar refractivity (Wildman–Crippen MR) is 53.6 cm³/mol. The van der Waals surface area contributed by atoms with Crippen molar-refractivity contribution in [2.24, 2.45) is 0 Å². The maximum Gasteiger partial charge on any atom is 0.119 e. The fourth-order valence-corrected chi connectivity index (χ4v) is 2.07. The number of benzene rings is 1. The maximum absolute atomic E-state index is 9.46. The van der Waals surface area contributed by atoms with Gasteiger partial charge in [-0.15, -0.1) is 0 Å². The lowest BCUT2D eigenvalue weighted by atomic mass is 10.1. The molecule has 0 saturated heterocycles. The van der Waals surface area contributed by atoms with Crippen LogP contribution in [0.15, 0.2) is 18.2 Å². The third kappa shape index (κ3) is 1.49. The summed E-state index contributed by atoms with van der Waals surface area (Å²) in [6.45, 7) is 0. The van der Waals surface area contributed by atoms with E-state index in [-0.39, 0.29) is 6.04 Å². The molecule has 1 aromatic carbocycles. The van der Waals surface area contributed by atoms with Crippen molar-refractivity contribution in [3.05, 3.63) is 29.3 Å². The normalized spacial score (nSPS) is 19.9. The van der Waals surface area contributed by atoms with Crippen molar-refractivity contribution in [3.8, 4) is 5.75 Å². The number of rotatable bonds is 2. The fourth-order valence-electron chi connectivity index (χ4n) is 2.07. The zero-order valence-corrected chi connectivity index (χ0v) is 8.53. The van der Waals surface area contributed by atoms with Gasteiger partial charge in [0.25, 0.3) is 0 Å². The van der Waals surface area contributed by atoms with Crippen molar-refractivity contribution in [3.63, 3.8) is 0 Å². The second-order valence-corrected chi connectivity index (χ2v) is 3.69. The largest absolute Gasteiger partial charge is 0.497 e. The first kappa shape index (κ1) is 9.49. The fraction of sp³-hybridized carbons (Fsp3) is 0.455. The lowest BCUT2D eigenvalue weighted by Crippen LogP contribution is -2.18. The molecular weight excluding hydrogens is 178 g/mol. The standard InChI is InChI=1S/C11H15NO2/c1-12(13)11-6-4-8-3-5-9(14-2)7-10(8)11/h3,5,7,11,13H,4,6H2,1-2H3. The van der Waals surface area contributed by atoms with Crippen LogP contribution in [0.1, 0.15) is 23.6 Å². The number of nitrogens with zero attached hydrogens (tertiary/aromatic N) is 1. The Labute approximate surface area is 83.9 Å². The van der Waals surface area contributed by atoms with Crippen molar-refractivity contribution in [1.82, 2.24) is 5.06 Å². The predicted octanol–water partition coefficient (Wildman–Crippen LogP) is 2.00. The molecule has 14 heavy (non-hydrogen) atoms. The Morgan fingerprint density at radius 1 is 1.50 bits per heavy atom. The Balaban J connectivity index is 2.37. The van der Waals surface area contributed by atoms with Crippen molar-refractivity contribution in [2.45, 2.75) is 18.9 Å². The van der Waals surface area contributed by atoms with Gasteiger partial charge in [-0.1, -0.05) is 6.07 Å². The van der Waals surface area contributed by atoms with Crippen LogP contribution in [0.2, 0.25) is 0 Å². The number of fused-ring (bicyclic) bond motifs is 1. The van der Waals surface area contributed by atoms with Gasteiger partial charge in [0.05, 0.1) is 13.2 Å². The van der Waals surface area contributed by atoms with Crippen LogP contribution < -0.4 is 4.74 Å². The Hall–Kier alpha value is -1.06. The van der Waals surface area contributed by atoms with Gasteiger partial charge in [-0.25, -0.2) is 0 Å². The molecule has 2 rings (SSSR count). The molecule has 0 bridgehead atoms. The van der Waals surface area contributed by atoms with E-state index in [0.29, 0.717) is 0 Å². The van der Waals surface area contributed by atoms with Gasteiger partial charge < -0.3 is 9.94 Å². The quantitative estimate of drug-likeness (QED) is 0.729. The third-order valence-electron chi connectivity index (χ3n) is 2.85. The molecule has 76 valence electrons. The number of methoxy groups -OCH3 is 1. The van der Waals surface area contributed by atoms with Gasteiger partial charge in [-0.2, -0.15) is 5.06 Å². The van der Waals surface area contributed by atoms with Crippen LogP contribution >= 0.6 is 0 Å². The molecule has 0 spiro atoms. The van der Waals surface area contributed by atoms with Gasteiger partial charge >= 0.3 is 0 Å². The van der Waals surface area contributed by atoms with E-state index in [1.54, 1.807) is 14.2 Å². The molecule has 0 amide bonds. The SMILES string of the molecule is COc1ccc2c(c1)C(N(C)O)CC2. The first-order chi connectivity index (χ1) is 6.72. The van der Waals surface area contributed by atoms with Gasteiger partial charge in [-0.05, 0) is 36.1 Å². The summed E-state index contributed by atoms with van der Waals surface area (Å²) < 4.78 is 5.17. The van der Waals surface area contributed by atoms with Crippen LogP contribution in [0.4, 0.5) is 0 Å². The average molecular weight is 193 g/mol. The van der Waals surface area contributed by atoms with E-state index in [0.717, 1.165) is 18.6 Å². The van der Waals surface area contributed by atoms with Crippen LogP contribution in [0.3, 0.4) is 0 Å².